The third-order valence-corrected chi connectivity index (χ3v) is 5.53. The van der Waals surface area contributed by atoms with E-state index in [0.717, 1.165) is 24.2 Å². The lowest BCUT2D eigenvalue weighted by Gasteiger charge is -2.25. The number of pyridine rings is 1. The van der Waals surface area contributed by atoms with Crippen LogP contribution in [0.15, 0.2) is 18.3 Å². The summed E-state index contributed by atoms with van der Waals surface area (Å²) in [7, 11) is 0. The highest BCUT2D eigenvalue weighted by molar-refractivity contribution is 5.95. The lowest BCUT2D eigenvalue weighted by molar-refractivity contribution is -0.171. The molecule has 1 amide bonds. The van der Waals surface area contributed by atoms with Crippen molar-refractivity contribution in [2.75, 3.05) is 26.3 Å². The molecule has 0 unspecified atom stereocenters. The Bertz CT molecular complexity index is 969. The van der Waals surface area contributed by atoms with E-state index < -0.39 is 31.3 Å². The minimum Gasteiger partial charge on any atom is -0.381 e. The summed E-state index contributed by atoms with van der Waals surface area (Å²) in [6.07, 6.45) is -5.95. The zero-order valence-corrected chi connectivity index (χ0v) is 18.7. The second kappa shape index (κ2) is 9.15. The molecule has 0 N–H and O–H groups in total. The van der Waals surface area contributed by atoms with Crippen LogP contribution in [0, 0.1) is 5.92 Å². The Morgan fingerprint density at radius 2 is 1.67 bits per heavy atom. The monoisotopic (exact) mass is 479 g/mol. The largest absolute Gasteiger partial charge is 0.406 e. The highest BCUT2D eigenvalue weighted by atomic mass is 19.4. The number of carbonyl (C=O) groups is 1. The molecule has 184 valence electrons. The van der Waals surface area contributed by atoms with Gasteiger partial charge < -0.3 is 14.0 Å². The predicted octanol–water partition coefficient (Wildman–Crippen LogP) is 5.17. The van der Waals surface area contributed by atoms with Gasteiger partial charge in [0.1, 0.15) is 18.7 Å². The molecule has 33 heavy (non-hydrogen) atoms. The van der Waals surface area contributed by atoms with E-state index >= 15 is 0 Å². The van der Waals surface area contributed by atoms with Gasteiger partial charge in [-0.1, -0.05) is 20.8 Å². The minimum absolute atomic E-state index is 0.234. The van der Waals surface area contributed by atoms with E-state index in [1.165, 1.54) is 18.3 Å². The van der Waals surface area contributed by atoms with Gasteiger partial charge in [-0.2, -0.15) is 26.3 Å². The van der Waals surface area contributed by atoms with Gasteiger partial charge in [-0.25, -0.2) is 4.98 Å². The molecule has 1 saturated heterocycles. The molecule has 11 heteroatoms. The second-order valence-corrected chi connectivity index (χ2v) is 9.45. The molecule has 0 bridgehead atoms. The van der Waals surface area contributed by atoms with Crippen molar-refractivity contribution in [1.82, 2.24) is 14.3 Å². The topological polar surface area (TPSA) is 46.8 Å². The molecular weight excluding hydrogens is 452 g/mol. The summed E-state index contributed by atoms with van der Waals surface area (Å²) in [4.78, 5) is 17.0. The molecule has 0 saturated carbocycles. The maximum absolute atomic E-state index is 12.8. The first-order valence-corrected chi connectivity index (χ1v) is 10.7. The fourth-order valence-electron chi connectivity index (χ4n) is 4.06. The first-order valence-electron chi connectivity index (χ1n) is 10.7. The molecule has 1 aliphatic rings. The number of fused-ring (bicyclic) bond motifs is 1. The third-order valence-electron chi connectivity index (χ3n) is 5.53. The van der Waals surface area contributed by atoms with Crippen LogP contribution in [-0.4, -0.2) is 58.8 Å². The van der Waals surface area contributed by atoms with Gasteiger partial charge in [0.25, 0.3) is 5.91 Å². The average molecular weight is 479 g/mol. The number of imidazole rings is 1. The number of hydrogen-bond acceptors (Lipinski definition) is 3. The maximum atomic E-state index is 12.8. The van der Waals surface area contributed by atoms with Crippen LogP contribution in [0.5, 0.6) is 0 Å². The zero-order valence-electron chi connectivity index (χ0n) is 18.7. The quantitative estimate of drug-likeness (QED) is 0.556. The molecule has 1 fully saturated rings. The fourth-order valence-corrected chi connectivity index (χ4v) is 4.06. The Balaban J connectivity index is 1.98. The molecule has 5 nitrogen and oxygen atoms in total. The van der Waals surface area contributed by atoms with E-state index in [1.54, 1.807) is 4.40 Å². The lowest BCUT2D eigenvalue weighted by Crippen LogP contribution is -2.44. The van der Waals surface area contributed by atoms with Crippen molar-refractivity contribution >= 4 is 11.6 Å². The van der Waals surface area contributed by atoms with E-state index in [0.29, 0.717) is 31.2 Å². The summed E-state index contributed by atoms with van der Waals surface area (Å²) >= 11 is 0. The van der Waals surface area contributed by atoms with Crippen molar-refractivity contribution in [3.8, 4) is 0 Å². The van der Waals surface area contributed by atoms with E-state index in [4.69, 9.17) is 4.74 Å². The van der Waals surface area contributed by atoms with Crippen LogP contribution in [-0.2, 0) is 16.6 Å². The van der Waals surface area contributed by atoms with Crippen LogP contribution >= 0.6 is 0 Å². The minimum atomic E-state index is -4.96. The highest BCUT2D eigenvalue weighted by Gasteiger charge is 2.40. The fraction of sp³-hybridized carbons (Fsp3) is 0.636. The van der Waals surface area contributed by atoms with Crippen molar-refractivity contribution in [3.05, 3.63) is 35.3 Å². The molecule has 0 atom stereocenters. The van der Waals surface area contributed by atoms with Crippen LogP contribution in [0.4, 0.5) is 26.3 Å². The summed E-state index contributed by atoms with van der Waals surface area (Å²) in [5.74, 6) is -0.978. The number of nitrogens with zero attached hydrogens (tertiary/aromatic N) is 3. The highest BCUT2D eigenvalue weighted by Crippen LogP contribution is 2.31. The smallest absolute Gasteiger partial charge is 0.381 e. The second-order valence-electron chi connectivity index (χ2n) is 9.45. The van der Waals surface area contributed by atoms with Gasteiger partial charge in [0, 0.05) is 36.1 Å². The Kier molecular flexibility index (Phi) is 7.02. The van der Waals surface area contributed by atoms with Crippen LogP contribution in [0.1, 0.15) is 55.4 Å². The Morgan fingerprint density at radius 3 is 2.18 bits per heavy atom. The van der Waals surface area contributed by atoms with Gasteiger partial charge in [0.2, 0.25) is 0 Å². The number of halogens is 6. The summed E-state index contributed by atoms with van der Waals surface area (Å²) < 4.78 is 84.2. The number of aromatic nitrogens is 2. The Hall–Kier alpha value is -2.30. The van der Waals surface area contributed by atoms with Crippen LogP contribution in [0.25, 0.3) is 5.65 Å². The summed E-state index contributed by atoms with van der Waals surface area (Å²) in [6.45, 7) is 3.27. The summed E-state index contributed by atoms with van der Waals surface area (Å²) in [5, 5.41) is 0. The van der Waals surface area contributed by atoms with Crippen molar-refractivity contribution in [2.45, 2.75) is 57.8 Å². The molecule has 0 aromatic carbocycles. The maximum Gasteiger partial charge on any atom is 0.406 e. The van der Waals surface area contributed by atoms with E-state index in [1.807, 2.05) is 20.8 Å². The van der Waals surface area contributed by atoms with Gasteiger partial charge >= 0.3 is 12.4 Å². The number of rotatable bonds is 5. The van der Waals surface area contributed by atoms with Gasteiger partial charge in [-0.3, -0.25) is 4.79 Å². The number of carbonyl (C=O) groups excluding carboxylic acids is 1. The summed E-state index contributed by atoms with van der Waals surface area (Å²) in [6, 6.07) is 2.50. The van der Waals surface area contributed by atoms with Gasteiger partial charge in [-0.15, -0.1) is 0 Å². The Labute approximate surface area is 187 Å². The molecule has 3 rings (SSSR count). The van der Waals surface area contributed by atoms with Gasteiger partial charge in [-0.05, 0) is 37.3 Å². The molecule has 0 aliphatic carbocycles. The molecule has 2 aromatic heterocycles. The number of ether oxygens (including phenoxy) is 1. The number of alkyl halides is 6. The average Bonchev–Trinajstić information content (AvgIpc) is 3.03. The van der Waals surface area contributed by atoms with Gasteiger partial charge in [0.05, 0.1) is 5.69 Å². The van der Waals surface area contributed by atoms with E-state index in [2.05, 4.69) is 4.98 Å². The number of amides is 1. The SMILES string of the molecule is CC(C)(C)c1nc2cc(C(=O)N(CC(F)(F)F)CC(F)(F)F)ccn2c1CC1CCOCC1. The third kappa shape index (κ3) is 6.61. The number of hydrogen-bond donors (Lipinski definition) is 0. The first kappa shape index (κ1) is 25.3. The Morgan fingerprint density at radius 1 is 1.09 bits per heavy atom. The summed E-state index contributed by atoms with van der Waals surface area (Å²) in [5.41, 5.74) is 1.38. The van der Waals surface area contributed by atoms with Crippen molar-refractivity contribution in [2.24, 2.45) is 5.92 Å². The van der Waals surface area contributed by atoms with Crippen molar-refractivity contribution in [3.63, 3.8) is 0 Å². The van der Waals surface area contributed by atoms with Crippen LogP contribution < -0.4 is 0 Å². The standard InChI is InChI=1S/C22H27F6N3O2/c1-20(2,3)18-16(10-14-5-8-33-9-6-14)31-7-4-15(11-17(31)29-18)19(32)30(12-21(23,24)25)13-22(26,27)28/h4,7,11,14H,5-6,8-10,12-13H2,1-3H3. The van der Waals surface area contributed by atoms with Gasteiger partial charge in [0.15, 0.2) is 0 Å². The van der Waals surface area contributed by atoms with Crippen molar-refractivity contribution in [1.29, 1.82) is 0 Å². The molecule has 3 heterocycles. The van der Waals surface area contributed by atoms with E-state index in [-0.39, 0.29) is 15.9 Å². The van der Waals surface area contributed by atoms with Crippen LogP contribution in [0.3, 0.4) is 0 Å². The zero-order chi connectivity index (χ0) is 24.6. The first-order chi connectivity index (χ1) is 15.1. The molecule has 0 spiro atoms. The molecule has 1 aliphatic heterocycles. The van der Waals surface area contributed by atoms with Crippen LogP contribution in [0.2, 0.25) is 0 Å². The molecule has 0 radical (unpaired) electrons. The molecular formula is C22H27F6N3O2. The molecule has 2 aromatic rings. The normalized spacial score (nSPS) is 16.4. The lowest BCUT2D eigenvalue weighted by atomic mass is 9.86. The van der Waals surface area contributed by atoms with Crippen molar-refractivity contribution < 1.29 is 35.9 Å². The predicted molar refractivity (Wildman–Crippen MR) is 109 cm³/mol. The van der Waals surface area contributed by atoms with E-state index in [9.17, 15) is 31.1 Å².